The Labute approximate surface area is 165 Å². The van der Waals surface area contributed by atoms with Gasteiger partial charge in [-0.25, -0.2) is 4.79 Å². The normalized spacial score (nSPS) is 11.9. The Bertz CT molecular complexity index is 1030. The summed E-state index contributed by atoms with van der Waals surface area (Å²) < 4.78 is 15.9. The highest BCUT2D eigenvalue weighted by Gasteiger charge is 2.18. The van der Waals surface area contributed by atoms with Gasteiger partial charge in [0.2, 0.25) is 5.89 Å². The lowest BCUT2D eigenvalue weighted by molar-refractivity contribution is -0.384. The van der Waals surface area contributed by atoms with E-state index in [4.69, 9.17) is 13.9 Å². The number of hydrogen-bond donors (Lipinski definition) is 0. The average Bonchev–Trinajstić information content (AvgIpc) is 3.23. The van der Waals surface area contributed by atoms with E-state index in [1.165, 1.54) is 30.3 Å². The van der Waals surface area contributed by atoms with Crippen molar-refractivity contribution in [2.45, 2.75) is 13.0 Å². The number of benzene rings is 2. The van der Waals surface area contributed by atoms with E-state index in [0.29, 0.717) is 5.56 Å². The number of carbonyl (C=O) groups excluding carboxylic acids is 1. The molecule has 1 heterocycles. The minimum absolute atomic E-state index is 0.0422. The molecule has 1 atom stereocenters. The molecule has 1 aromatic heterocycles. The summed E-state index contributed by atoms with van der Waals surface area (Å²) in [5.74, 6) is 0.443. The molecule has 0 saturated carbocycles. The number of hydrogen-bond acceptors (Lipinski definition) is 8. The van der Waals surface area contributed by atoms with E-state index in [1.807, 2.05) is 0 Å². The predicted molar refractivity (Wildman–Crippen MR) is 103 cm³/mol. The largest absolute Gasteiger partial charge is 0.497 e. The molecular weight excluding hydrogens is 378 g/mol. The molecule has 0 N–H and O–H groups in total. The lowest BCUT2D eigenvalue weighted by Crippen LogP contribution is -2.06. The number of non-ortho nitro benzene ring substituents is 1. The zero-order valence-corrected chi connectivity index (χ0v) is 15.6. The highest BCUT2D eigenvalue weighted by molar-refractivity contribution is 5.87. The van der Waals surface area contributed by atoms with Crippen LogP contribution in [-0.4, -0.2) is 28.2 Å². The Kier molecular flexibility index (Phi) is 5.98. The Hall–Kier alpha value is -4.01. The van der Waals surface area contributed by atoms with E-state index in [2.05, 4.69) is 10.2 Å². The molecule has 0 radical (unpaired) electrons. The van der Waals surface area contributed by atoms with Crippen LogP contribution in [-0.2, 0) is 9.53 Å². The number of esters is 1. The quantitative estimate of drug-likeness (QED) is 0.255. The summed E-state index contributed by atoms with van der Waals surface area (Å²) >= 11 is 0. The van der Waals surface area contributed by atoms with Crippen molar-refractivity contribution < 1.29 is 23.6 Å². The Morgan fingerprint density at radius 2 is 1.83 bits per heavy atom. The summed E-state index contributed by atoms with van der Waals surface area (Å²) in [4.78, 5) is 22.2. The first-order chi connectivity index (χ1) is 14.0. The molecule has 3 aromatic rings. The third-order valence-electron chi connectivity index (χ3n) is 3.93. The van der Waals surface area contributed by atoms with Gasteiger partial charge in [0.25, 0.3) is 11.6 Å². The molecule has 1 unspecified atom stereocenters. The highest BCUT2D eigenvalue weighted by atomic mass is 16.6. The van der Waals surface area contributed by atoms with Gasteiger partial charge in [-0.1, -0.05) is 12.1 Å². The third-order valence-corrected chi connectivity index (χ3v) is 3.93. The first-order valence-electron chi connectivity index (χ1n) is 8.57. The minimum Gasteiger partial charge on any atom is -0.497 e. The Morgan fingerprint density at radius 1 is 1.14 bits per heavy atom. The summed E-state index contributed by atoms with van der Waals surface area (Å²) in [6.07, 6.45) is 2.15. The third kappa shape index (κ3) is 5.04. The number of carbonyl (C=O) groups is 1. The molecular formula is C20H17N3O6. The standard InChI is InChI=1S/C20H17N3O6/c1-13(28-18(24)12-5-14-3-10-17(27-2)11-4-14)19-21-22-20(29-19)15-6-8-16(9-7-15)23(25)26/h3-13H,1-2H3/b12-5+. The van der Waals surface area contributed by atoms with Gasteiger partial charge in [0.15, 0.2) is 6.10 Å². The van der Waals surface area contributed by atoms with Crippen molar-refractivity contribution in [1.82, 2.24) is 10.2 Å². The maximum Gasteiger partial charge on any atom is 0.331 e. The van der Waals surface area contributed by atoms with Gasteiger partial charge in [0.1, 0.15) is 5.75 Å². The van der Waals surface area contributed by atoms with Crippen LogP contribution in [0.3, 0.4) is 0 Å². The van der Waals surface area contributed by atoms with Crippen LogP contribution in [0.2, 0.25) is 0 Å². The van der Waals surface area contributed by atoms with Gasteiger partial charge >= 0.3 is 5.97 Å². The molecule has 29 heavy (non-hydrogen) atoms. The predicted octanol–water partition coefficient (Wildman–Crippen LogP) is 3.97. The van der Waals surface area contributed by atoms with Crippen molar-refractivity contribution in [3.05, 3.63) is 76.2 Å². The molecule has 3 rings (SSSR count). The molecule has 0 aliphatic carbocycles. The van der Waals surface area contributed by atoms with Crippen molar-refractivity contribution in [3.63, 3.8) is 0 Å². The molecule has 0 spiro atoms. The van der Waals surface area contributed by atoms with Crippen LogP contribution in [0.4, 0.5) is 5.69 Å². The number of nitrogens with zero attached hydrogens (tertiary/aromatic N) is 3. The van der Waals surface area contributed by atoms with Gasteiger partial charge in [-0.05, 0) is 42.8 Å². The van der Waals surface area contributed by atoms with E-state index in [-0.39, 0.29) is 17.5 Å². The van der Waals surface area contributed by atoms with E-state index >= 15 is 0 Å². The van der Waals surface area contributed by atoms with Gasteiger partial charge in [0, 0.05) is 23.8 Å². The molecule has 0 aliphatic rings. The van der Waals surface area contributed by atoms with E-state index in [1.54, 1.807) is 44.4 Å². The summed E-state index contributed by atoms with van der Waals surface area (Å²) in [7, 11) is 1.58. The monoisotopic (exact) mass is 395 g/mol. The maximum absolute atomic E-state index is 12.0. The van der Waals surface area contributed by atoms with Crippen LogP contribution in [0.15, 0.2) is 59.0 Å². The van der Waals surface area contributed by atoms with E-state index in [0.717, 1.165) is 11.3 Å². The van der Waals surface area contributed by atoms with Crippen LogP contribution in [0.25, 0.3) is 17.5 Å². The average molecular weight is 395 g/mol. The van der Waals surface area contributed by atoms with Gasteiger partial charge < -0.3 is 13.9 Å². The number of nitro benzene ring substituents is 1. The number of nitro groups is 1. The number of ether oxygens (including phenoxy) is 2. The molecule has 0 aliphatic heterocycles. The van der Waals surface area contributed by atoms with Crippen molar-refractivity contribution in [2.75, 3.05) is 7.11 Å². The zero-order chi connectivity index (χ0) is 20.8. The van der Waals surface area contributed by atoms with Gasteiger partial charge in [-0.15, -0.1) is 10.2 Å². The second-order valence-corrected chi connectivity index (χ2v) is 5.94. The van der Waals surface area contributed by atoms with Crippen molar-refractivity contribution >= 4 is 17.7 Å². The molecule has 0 amide bonds. The molecule has 9 nitrogen and oxygen atoms in total. The molecule has 0 fully saturated rings. The summed E-state index contributed by atoms with van der Waals surface area (Å²) in [5.41, 5.74) is 1.29. The maximum atomic E-state index is 12.0. The minimum atomic E-state index is -0.762. The second kappa shape index (κ2) is 8.79. The number of methoxy groups -OCH3 is 1. The van der Waals surface area contributed by atoms with Crippen LogP contribution in [0, 0.1) is 10.1 Å². The molecule has 2 aromatic carbocycles. The van der Waals surface area contributed by atoms with Crippen LogP contribution < -0.4 is 4.74 Å². The van der Waals surface area contributed by atoms with Crippen LogP contribution in [0.5, 0.6) is 5.75 Å². The highest BCUT2D eigenvalue weighted by Crippen LogP contribution is 2.24. The first-order valence-corrected chi connectivity index (χ1v) is 8.57. The molecule has 148 valence electrons. The fourth-order valence-corrected chi connectivity index (χ4v) is 2.38. The summed E-state index contributed by atoms with van der Waals surface area (Å²) in [6, 6.07) is 12.9. The van der Waals surface area contributed by atoms with Crippen molar-refractivity contribution in [2.24, 2.45) is 0 Å². The lowest BCUT2D eigenvalue weighted by atomic mass is 10.2. The van der Waals surface area contributed by atoms with Gasteiger partial charge in [-0.2, -0.15) is 0 Å². The Morgan fingerprint density at radius 3 is 2.45 bits per heavy atom. The topological polar surface area (TPSA) is 118 Å². The van der Waals surface area contributed by atoms with Gasteiger partial charge in [-0.3, -0.25) is 10.1 Å². The fraction of sp³-hybridized carbons (Fsp3) is 0.150. The summed E-state index contributed by atoms with van der Waals surface area (Å²) in [6.45, 7) is 1.60. The van der Waals surface area contributed by atoms with E-state index in [9.17, 15) is 14.9 Å². The van der Waals surface area contributed by atoms with Crippen LogP contribution in [0.1, 0.15) is 24.5 Å². The zero-order valence-electron chi connectivity index (χ0n) is 15.6. The lowest BCUT2D eigenvalue weighted by Gasteiger charge is -2.06. The number of rotatable bonds is 7. The SMILES string of the molecule is COc1ccc(/C=C/C(=O)OC(C)c2nnc(-c3ccc([N+](=O)[O-])cc3)o2)cc1. The smallest absolute Gasteiger partial charge is 0.331 e. The van der Waals surface area contributed by atoms with Gasteiger partial charge in [0.05, 0.1) is 12.0 Å². The molecule has 0 bridgehead atoms. The second-order valence-electron chi connectivity index (χ2n) is 5.94. The summed E-state index contributed by atoms with van der Waals surface area (Å²) in [5, 5.41) is 18.5. The first kappa shape index (κ1) is 19.7. The van der Waals surface area contributed by atoms with Crippen molar-refractivity contribution in [3.8, 4) is 17.2 Å². The van der Waals surface area contributed by atoms with Crippen molar-refractivity contribution in [1.29, 1.82) is 0 Å². The van der Waals surface area contributed by atoms with E-state index < -0.39 is 17.0 Å². The fourth-order valence-electron chi connectivity index (χ4n) is 2.38. The van der Waals surface area contributed by atoms with Crippen LogP contribution >= 0.6 is 0 Å². The Balaban J connectivity index is 1.61. The molecule has 0 saturated heterocycles. The number of aromatic nitrogens is 2. The molecule has 9 heteroatoms.